The Morgan fingerprint density at radius 2 is 1.86 bits per heavy atom. The van der Waals surface area contributed by atoms with Gasteiger partial charge in [-0.2, -0.15) is 0 Å². The average molecular weight is 318 g/mol. The number of anilines is 1. The summed E-state index contributed by atoms with van der Waals surface area (Å²) in [5, 5.41) is 6.23. The van der Waals surface area contributed by atoms with Crippen molar-refractivity contribution in [3.63, 3.8) is 0 Å². The Kier molecular flexibility index (Phi) is 5.79. The van der Waals surface area contributed by atoms with Crippen molar-refractivity contribution >= 4 is 23.4 Å². The molecule has 0 bridgehead atoms. The van der Waals surface area contributed by atoms with Crippen LogP contribution in [-0.4, -0.2) is 24.2 Å². The van der Waals surface area contributed by atoms with Crippen LogP contribution in [0.25, 0.3) is 0 Å². The van der Waals surface area contributed by atoms with Crippen LogP contribution in [0.4, 0.5) is 5.69 Å². The van der Waals surface area contributed by atoms with Gasteiger partial charge in [-0.1, -0.05) is 19.3 Å². The predicted octanol–water partition coefficient (Wildman–Crippen LogP) is 4.05. The molecule has 22 heavy (non-hydrogen) atoms. The van der Waals surface area contributed by atoms with Gasteiger partial charge in [0.2, 0.25) is 5.91 Å². The molecule has 1 aromatic carbocycles. The molecule has 3 rings (SSSR count). The maximum atomic E-state index is 12.1. The summed E-state index contributed by atoms with van der Waals surface area (Å²) in [5.41, 5.74) is 0.903. The Balaban J connectivity index is 1.46. The van der Waals surface area contributed by atoms with Crippen LogP contribution in [0.15, 0.2) is 29.2 Å². The van der Waals surface area contributed by atoms with E-state index >= 15 is 0 Å². The monoisotopic (exact) mass is 318 g/mol. The topological polar surface area (TPSA) is 41.1 Å². The molecule has 4 heteroatoms. The predicted molar refractivity (Wildman–Crippen MR) is 93.4 cm³/mol. The van der Waals surface area contributed by atoms with Crippen molar-refractivity contribution in [1.29, 1.82) is 0 Å². The highest BCUT2D eigenvalue weighted by molar-refractivity contribution is 7.99. The summed E-state index contributed by atoms with van der Waals surface area (Å²) in [5.74, 6) is 2.23. The molecule has 1 aromatic rings. The number of rotatable bonds is 5. The summed E-state index contributed by atoms with van der Waals surface area (Å²) in [7, 11) is 0. The largest absolute Gasteiger partial charge is 0.325 e. The fraction of sp³-hybridized carbons (Fsp3) is 0.611. The Hall–Kier alpha value is -1.00. The summed E-state index contributed by atoms with van der Waals surface area (Å²) in [6.07, 6.45) is 9.07. The minimum absolute atomic E-state index is 0.0136. The smallest absolute Gasteiger partial charge is 0.241 e. The number of hydrogen-bond acceptors (Lipinski definition) is 3. The summed E-state index contributed by atoms with van der Waals surface area (Å²) in [6, 6.07) is 8.29. The second-order valence-electron chi connectivity index (χ2n) is 6.48. The van der Waals surface area contributed by atoms with Gasteiger partial charge in [-0.25, -0.2) is 0 Å². The summed E-state index contributed by atoms with van der Waals surface area (Å²) in [6.45, 7) is 0.953. The van der Waals surface area contributed by atoms with Gasteiger partial charge < -0.3 is 10.6 Å². The van der Waals surface area contributed by atoms with Gasteiger partial charge in [0, 0.05) is 16.3 Å². The molecule has 1 aliphatic heterocycles. The lowest BCUT2D eigenvalue weighted by molar-refractivity contribution is -0.117. The van der Waals surface area contributed by atoms with Crippen LogP contribution in [0, 0.1) is 5.92 Å². The minimum Gasteiger partial charge on any atom is -0.325 e. The lowest BCUT2D eigenvalue weighted by Gasteiger charge is -2.20. The molecule has 0 aromatic heterocycles. The molecule has 0 spiro atoms. The van der Waals surface area contributed by atoms with E-state index in [1.54, 1.807) is 0 Å². The Labute approximate surface area is 137 Å². The van der Waals surface area contributed by atoms with E-state index in [4.69, 9.17) is 0 Å². The Morgan fingerprint density at radius 1 is 1.09 bits per heavy atom. The van der Waals surface area contributed by atoms with Crippen LogP contribution in [0.3, 0.4) is 0 Å². The highest BCUT2D eigenvalue weighted by Gasteiger charge is 2.21. The number of carbonyl (C=O) groups is 1. The molecule has 2 fully saturated rings. The highest BCUT2D eigenvalue weighted by Crippen LogP contribution is 2.30. The minimum atomic E-state index is -0.0136. The van der Waals surface area contributed by atoms with Crippen molar-refractivity contribution in [3.8, 4) is 0 Å². The number of carbonyl (C=O) groups excluding carboxylic acids is 1. The first-order valence-electron chi connectivity index (χ1n) is 8.58. The first kappa shape index (κ1) is 15.9. The Bertz CT molecular complexity index is 476. The summed E-state index contributed by atoms with van der Waals surface area (Å²) >= 11 is 1.95. The van der Waals surface area contributed by atoms with E-state index in [1.807, 2.05) is 23.9 Å². The third kappa shape index (κ3) is 4.50. The molecule has 1 heterocycles. The third-order valence-electron chi connectivity index (χ3n) is 4.71. The zero-order chi connectivity index (χ0) is 15.2. The van der Waals surface area contributed by atoms with Crippen molar-refractivity contribution in [2.45, 2.75) is 55.9 Å². The van der Waals surface area contributed by atoms with Gasteiger partial charge in [-0.05, 0) is 62.4 Å². The number of benzene rings is 1. The molecular formula is C18H26N2OS. The van der Waals surface area contributed by atoms with Crippen molar-refractivity contribution in [2.75, 3.05) is 17.6 Å². The van der Waals surface area contributed by atoms with Crippen LogP contribution < -0.4 is 10.6 Å². The van der Waals surface area contributed by atoms with Gasteiger partial charge in [-0.3, -0.25) is 4.79 Å². The first-order valence-corrected chi connectivity index (χ1v) is 9.57. The maximum Gasteiger partial charge on any atom is 0.241 e. The quantitative estimate of drug-likeness (QED) is 0.805. The summed E-state index contributed by atoms with van der Waals surface area (Å²) in [4.78, 5) is 13.4. The van der Waals surface area contributed by atoms with Gasteiger partial charge in [0.1, 0.15) is 0 Å². The van der Waals surface area contributed by atoms with Gasteiger partial charge >= 0.3 is 0 Å². The molecular weight excluding hydrogens is 292 g/mol. The number of hydrogen-bond donors (Lipinski definition) is 2. The molecule has 3 nitrogen and oxygen atoms in total. The van der Waals surface area contributed by atoms with E-state index in [-0.39, 0.29) is 11.9 Å². The standard InChI is InChI=1S/C18H26N2OS/c21-18(17-7-4-12-19-17)20-15-8-10-16(11-9-15)22-13-14-5-2-1-3-6-14/h8-11,14,17,19H,1-7,12-13H2,(H,20,21). The second kappa shape index (κ2) is 8.02. The SMILES string of the molecule is O=C(Nc1ccc(SCC2CCCCC2)cc1)C1CCCN1. The van der Waals surface area contributed by atoms with E-state index in [0.717, 1.165) is 31.0 Å². The van der Waals surface area contributed by atoms with Gasteiger partial charge in [0.05, 0.1) is 6.04 Å². The molecule has 1 saturated carbocycles. The zero-order valence-electron chi connectivity index (χ0n) is 13.1. The molecule has 1 amide bonds. The van der Waals surface area contributed by atoms with E-state index in [2.05, 4.69) is 22.8 Å². The molecule has 2 N–H and O–H groups in total. The lowest BCUT2D eigenvalue weighted by atomic mass is 9.91. The molecule has 1 saturated heterocycles. The molecule has 1 unspecified atom stereocenters. The van der Waals surface area contributed by atoms with Crippen LogP contribution in [0.5, 0.6) is 0 Å². The van der Waals surface area contributed by atoms with Gasteiger partial charge in [0.25, 0.3) is 0 Å². The zero-order valence-corrected chi connectivity index (χ0v) is 14.0. The fourth-order valence-electron chi connectivity index (χ4n) is 3.34. The van der Waals surface area contributed by atoms with Gasteiger partial charge in [0.15, 0.2) is 0 Å². The van der Waals surface area contributed by atoms with Crippen molar-refractivity contribution in [1.82, 2.24) is 5.32 Å². The number of amides is 1. The van der Waals surface area contributed by atoms with E-state index in [0.29, 0.717) is 0 Å². The first-order chi connectivity index (χ1) is 10.8. The van der Waals surface area contributed by atoms with Crippen molar-refractivity contribution < 1.29 is 4.79 Å². The lowest BCUT2D eigenvalue weighted by Crippen LogP contribution is -2.35. The summed E-state index contributed by atoms with van der Waals surface area (Å²) < 4.78 is 0. The van der Waals surface area contributed by atoms with E-state index < -0.39 is 0 Å². The maximum absolute atomic E-state index is 12.1. The Morgan fingerprint density at radius 3 is 2.55 bits per heavy atom. The third-order valence-corrected chi connectivity index (χ3v) is 5.95. The van der Waals surface area contributed by atoms with Crippen LogP contribution in [-0.2, 0) is 4.79 Å². The average Bonchev–Trinajstić information content (AvgIpc) is 3.10. The highest BCUT2D eigenvalue weighted by atomic mass is 32.2. The molecule has 1 atom stereocenters. The number of nitrogens with one attached hydrogen (secondary N) is 2. The van der Waals surface area contributed by atoms with Crippen LogP contribution >= 0.6 is 11.8 Å². The van der Waals surface area contributed by atoms with Crippen LogP contribution in [0.1, 0.15) is 44.9 Å². The van der Waals surface area contributed by atoms with Crippen molar-refractivity contribution in [2.24, 2.45) is 5.92 Å². The van der Waals surface area contributed by atoms with Gasteiger partial charge in [-0.15, -0.1) is 11.8 Å². The molecule has 1 aliphatic carbocycles. The normalized spacial score (nSPS) is 22.6. The molecule has 120 valence electrons. The van der Waals surface area contributed by atoms with Crippen LogP contribution in [0.2, 0.25) is 0 Å². The number of thioether (sulfide) groups is 1. The van der Waals surface area contributed by atoms with E-state index in [1.165, 1.54) is 42.8 Å². The van der Waals surface area contributed by atoms with E-state index in [9.17, 15) is 4.79 Å². The molecule has 0 radical (unpaired) electrons. The fourth-order valence-corrected chi connectivity index (χ4v) is 4.43. The molecule has 2 aliphatic rings. The second-order valence-corrected chi connectivity index (χ2v) is 7.57. The van der Waals surface area contributed by atoms with Crippen molar-refractivity contribution in [3.05, 3.63) is 24.3 Å².